The first-order chi connectivity index (χ1) is 5.84. The third-order valence-electron chi connectivity index (χ3n) is 2.22. The number of carboxylic acid groups (broad SMARTS) is 1. The van der Waals surface area contributed by atoms with Gasteiger partial charge in [-0.15, -0.1) is 0 Å². The number of Topliss-reactive ketones (excluding diaryl/α,β-unsaturated/α-hetero) is 1. The van der Waals surface area contributed by atoms with Gasteiger partial charge in [0.15, 0.2) is 0 Å². The fraction of sp³-hybridized carbons (Fsp3) is 0.625. The quantitative estimate of drug-likeness (QED) is 0.461. The van der Waals surface area contributed by atoms with Crippen LogP contribution < -0.4 is 5.32 Å². The fourth-order valence-electron chi connectivity index (χ4n) is 1.03. The molecule has 13 heavy (non-hydrogen) atoms. The molecule has 0 aliphatic heterocycles. The molecule has 1 unspecified atom stereocenters. The minimum absolute atomic E-state index is 0.00551. The Morgan fingerprint density at radius 1 is 1.38 bits per heavy atom. The molecule has 1 saturated carbocycles. The molecule has 0 saturated heterocycles. The third-order valence-corrected chi connectivity index (χ3v) is 2.22. The van der Waals surface area contributed by atoms with Gasteiger partial charge >= 0.3 is 11.8 Å². The number of amides is 1. The summed E-state index contributed by atoms with van der Waals surface area (Å²) in [6, 6.07) is -0.0664. The van der Waals surface area contributed by atoms with Crippen molar-refractivity contribution in [2.45, 2.75) is 26.3 Å². The average Bonchev–Trinajstić information content (AvgIpc) is 2.56. The van der Waals surface area contributed by atoms with Crippen molar-refractivity contribution in [3.8, 4) is 0 Å². The van der Waals surface area contributed by atoms with Crippen LogP contribution in [0, 0.1) is 5.41 Å². The number of carbonyl (C=O) groups excluding carboxylic acids is 2. The van der Waals surface area contributed by atoms with E-state index in [-0.39, 0.29) is 11.5 Å². The van der Waals surface area contributed by atoms with Gasteiger partial charge in [-0.1, -0.05) is 13.8 Å². The lowest BCUT2D eigenvalue weighted by atomic mass is 10.2. The molecule has 72 valence electrons. The van der Waals surface area contributed by atoms with Crippen molar-refractivity contribution in [1.82, 2.24) is 5.32 Å². The second kappa shape index (κ2) is 2.83. The molecular weight excluding hydrogens is 174 g/mol. The first-order valence-corrected chi connectivity index (χ1v) is 3.93. The molecule has 2 N–H and O–H groups in total. The number of rotatable bonds is 3. The van der Waals surface area contributed by atoms with E-state index in [4.69, 9.17) is 5.11 Å². The SMILES string of the molecule is CC1(C)CC1NC(=O)C(=O)C(=O)O. The monoisotopic (exact) mass is 185 g/mol. The van der Waals surface area contributed by atoms with E-state index in [2.05, 4.69) is 5.32 Å². The Labute approximate surface area is 75.1 Å². The van der Waals surface area contributed by atoms with Crippen LogP contribution in [0.3, 0.4) is 0 Å². The molecular formula is C8H11NO4. The molecule has 1 amide bonds. The molecule has 0 aromatic rings. The lowest BCUT2D eigenvalue weighted by molar-refractivity contribution is -0.153. The molecule has 5 nitrogen and oxygen atoms in total. The van der Waals surface area contributed by atoms with Gasteiger partial charge in [0.05, 0.1) is 0 Å². The van der Waals surface area contributed by atoms with E-state index >= 15 is 0 Å². The molecule has 0 radical (unpaired) electrons. The Morgan fingerprint density at radius 3 is 2.15 bits per heavy atom. The number of ketones is 1. The predicted molar refractivity (Wildman–Crippen MR) is 43.0 cm³/mol. The molecule has 0 aromatic carbocycles. The van der Waals surface area contributed by atoms with Crippen molar-refractivity contribution in [3.05, 3.63) is 0 Å². The second-order valence-electron chi connectivity index (χ2n) is 3.85. The van der Waals surface area contributed by atoms with E-state index < -0.39 is 17.7 Å². The van der Waals surface area contributed by atoms with E-state index in [0.717, 1.165) is 6.42 Å². The first-order valence-electron chi connectivity index (χ1n) is 3.93. The molecule has 0 heterocycles. The van der Waals surface area contributed by atoms with Crippen LogP contribution in [0.5, 0.6) is 0 Å². The Hall–Kier alpha value is -1.39. The fourth-order valence-corrected chi connectivity index (χ4v) is 1.03. The topological polar surface area (TPSA) is 83.5 Å². The van der Waals surface area contributed by atoms with E-state index in [0.29, 0.717) is 0 Å². The van der Waals surface area contributed by atoms with Crippen molar-refractivity contribution >= 4 is 17.7 Å². The summed E-state index contributed by atoms with van der Waals surface area (Å²) in [5.74, 6) is -4.14. The largest absolute Gasteiger partial charge is 0.475 e. The number of aliphatic carboxylic acids is 1. The predicted octanol–water partition coefficient (Wildman–Crippen LogP) is -0.445. The molecule has 5 heteroatoms. The Balaban J connectivity index is 2.44. The lowest BCUT2D eigenvalue weighted by Gasteiger charge is -2.03. The molecule has 0 aromatic heterocycles. The van der Waals surface area contributed by atoms with Crippen LogP contribution in [0.2, 0.25) is 0 Å². The van der Waals surface area contributed by atoms with Gasteiger partial charge in [0.2, 0.25) is 0 Å². The van der Waals surface area contributed by atoms with Crippen LogP contribution in [0.15, 0.2) is 0 Å². The Kier molecular flexibility index (Phi) is 2.11. The number of carboxylic acids is 1. The van der Waals surface area contributed by atoms with E-state index in [9.17, 15) is 14.4 Å². The molecule has 1 rings (SSSR count). The lowest BCUT2D eigenvalue weighted by Crippen LogP contribution is -2.38. The Bertz CT molecular complexity index is 282. The van der Waals surface area contributed by atoms with Gasteiger partial charge in [-0.05, 0) is 11.8 Å². The average molecular weight is 185 g/mol. The number of hydrogen-bond acceptors (Lipinski definition) is 3. The maximum absolute atomic E-state index is 10.9. The van der Waals surface area contributed by atoms with Crippen LogP contribution in [-0.4, -0.2) is 28.8 Å². The highest BCUT2D eigenvalue weighted by Crippen LogP contribution is 2.44. The second-order valence-corrected chi connectivity index (χ2v) is 3.85. The van der Waals surface area contributed by atoms with Crippen LogP contribution >= 0.6 is 0 Å². The highest BCUT2D eigenvalue weighted by Gasteiger charge is 2.47. The summed E-state index contributed by atoms with van der Waals surface area (Å²) >= 11 is 0. The maximum atomic E-state index is 10.9. The van der Waals surface area contributed by atoms with Crippen molar-refractivity contribution in [3.63, 3.8) is 0 Å². The third kappa shape index (κ3) is 2.05. The van der Waals surface area contributed by atoms with Crippen LogP contribution in [0.25, 0.3) is 0 Å². The van der Waals surface area contributed by atoms with Crippen molar-refractivity contribution < 1.29 is 19.5 Å². The van der Waals surface area contributed by atoms with E-state index in [1.54, 1.807) is 0 Å². The molecule has 0 bridgehead atoms. The maximum Gasteiger partial charge on any atom is 0.382 e. The smallest absolute Gasteiger partial charge is 0.382 e. The molecule has 1 atom stereocenters. The molecule has 1 fully saturated rings. The van der Waals surface area contributed by atoms with Gasteiger partial charge in [-0.3, -0.25) is 9.59 Å². The summed E-state index contributed by atoms with van der Waals surface area (Å²) in [6.07, 6.45) is 0.783. The van der Waals surface area contributed by atoms with Gasteiger partial charge in [0.1, 0.15) is 0 Å². The van der Waals surface area contributed by atoms with Gasteiger partial charge in [-0.25, -0.2) is 4.79 Å². The van der Waals surface area contributed by atoms with Gasteiger partial charge < -0.3 is 10.4 Å². The van der Waals surface area contributed by atoms with Gasteiger partial charge in [0.25, 0.3) is 5.91 Å². The normalized spacial score (nSPS) is 23.4. The number of nitrogens with one attached hydrogen (secondary N) is 1. The summed E-state index contributed by atoms with van der Waals surface area (Å²) in [7, 11) is 0. The summed E-state index contributed by atoms with van der Waals surface area (Å²) < 4.78 is 0. The summed E-state index contributed by atoms with van der Waals surface area (Å²) in [5, 5.41) is 10.6. The van der Waals surface area contributed by atoms with Crippen LogP contribution in [0.4, 0.5) is 0 Å². The van der Waals surface area contributed by atoms with Crippen LogP contribution in [0.1, 0.15) is 20.3 Å². The first kappa shape index (κ1) is 9.70. The molecule has 1 aliphatic carbocycles. The van der Waals surface area contributed by atoms with E-state index in [1.165, 1.54) is 0 Å². The Morgan fingerprint density at radius 2 is 1.85 bits per heavy atom. The highest BCUT2D eigenvalue weighted by atomic mass is 16.4. The minimum atomic E-state index is -1.71. The van der Waals surface area contributed by atoms with Crippen molar-refractivity contribution in [1.29, 1.82) is 0 Å². The summed E-state index contributed by atoms with van der Waals surface area (Å²) in [6.45, 7) is 3.87. The zero-order chi connectivity index (χ0) is 10.2. The van der Waals surface area contributed by atoms with Crippen molar-refractivity contribution in [2.24, 2.45) is 5.41 Å². The number of carbonyl (C=O) groups is 3. The van der Waals surface area contributed by atoms with Crippen molar-refractivity contribution in [2.75, 3.05) is 0 Å². The molecule has 1 aliphatic rings. The minimum Gasteiger partial charge on any atom is -0.475 e. The van der Waals surface area contributed by atoms with Crippen LogP contribution in [-0.2, 0) is 14.4 Å². The zero-order valence-corrected chi connectivity index (χ0v) is 7.46. The zero-order valence-electron chi connectivity index (χ0n) is 7.46. The van der Waals surface area contributed by atoms with Gasteiger partial charge in [-0.2, -0.15) is 0 Å². The highest BCUT2D eigenvalue weighted by molar-refractivity contribution is 6.61. The van der Waals surface area contributed by atoms with Gasteiger partial charge in [0, 0.05) is 6.04 Å². The summed E-state index contributed by atoms with van der Waals surface area (Å²) in [4.78, 5) is 31.6. The number of hydrogen-bond donors (Lipinski definition) is 2. The summed E-state index contributed by atoms with van der Waals surface area (Å²) in [5.41, 5.74) is -0.00551. The standard InChI is InChI=1S/C8H11NO4/c1-8(2)3-4(8)9-6(11)5(10)7(12)13/h4H,3H2,1-2H3,(H,9,11)(H,12,13). The van der Waals surface area contributed by atoms with E-state index in [1.807, 2.05) is 13.8 Å². The molecule has 0 spiro atoms.